The number of rotatable bonds is 7. The molecule has 6 nitrogen and oxygen atoms in total. The molecule has 0 aliphatic heterocycles. The fraction of sp³-hybridized carbons (Fsp3) is 0.353. The summed E-state index contributed by atoms with van der Waals surface area (Å²) in [5, 5.41) is 12.7. The van der Waals surface area contributed by atoms with Gasteiger partial charge in [-0.3, -0.25) is 9.78 Å². The number of aromatic nitrogens is 2. The van der Waals surface area contributed by atoms with E-state index in [0.29, 0.717) is 29.7 Å². The van der Waals surface area contributed by atoms with Crippen molar-refractivity contribution in [3.63, 3.8) is 0 Å². The average molecular weight is 313 g/mol. The van der Waals surface area contributed by atoms with E-state index in [1.54, 1.807) is 42.7 Å². The monoisotopic (exact) mass is 313 g/mol. The molecule has 1 aliphatic carbocycles. The van der Waals surface area contributed by atoms with E-state index >= 15 is 0 Å². The minimum atomic E-state index is -0.840. The van der Waals surface area contributed by atoms with Crippen molar-refractivity contribution in [3.8, 4) is 5.88 Å². The Bertz CT molecular complexity index is 659. The smallest absolute Gasteiger partial charge is 0.251 e. The van der Waals surface area contributed by atoms with Crippen LogP contribution in [0.15, 0.2) is 42.7 Å². The fourth-order valence-electron chi connectivity index (χ4n) is 2.09. The molecular formula is C17H19N3O3. The van der Waals surface area contributed by atoms with Crippen molar-refractivity contribution in [1.29, 1.82) is 0 Å². The van der Waals surface area contributed by atoms with Crippen LogP contribution in [0, 0.1) is 5.92 Å². The number of carbonyl (C=O) groups is 1. The summed E-state index contributed by atoms with van der Waals surface area (Å²) in [7, 11) is 0. The van der Waals surface area contributed by atoms with Crippen molar-refractivity contribution in [2.75, 3.05) is 13.2 Å². The van der Waals surface area contributed by atoms with Crippen LogP contribution in [0.4, 0.5) is 0 Å². The first-order chi connectivity index (χ1) is 11.2. The van der Waals surface area contributed by atoms with Crippen molar-refractivity contribution < 1.29 is 14.6 Å². The third-order valence-electron chi connectivity index (χ3n) is 3.65. The van der Waals surface area contributed by atoms with Gasteiger partial charge in [0.25, 0.3) is 5.91 Å². The molecular weight excluding hydrogens is 294 g/mol. The maximum Gasteiger partial charge on any atom is 0.251 e. The Labute approximate surface area is 134 Å². The first-order valence-corrected chi connectivity index (χ1v) is 7.68. The lowest BCUT2D eigenvalue weighted by molar-refractivity contribution is 0.0913. The van der Waals surface area contributed by atoms with Crippen LogP contribution in [0.25, 0.3) is 0 Å². The van der Waals surface area contributed by atoms with Crippen LogP contribution in [0.1, 0.15) is 35.0 Å². The molecule has 1 aliphatic rings. The van der Waals surface area contributed by atoms with E-state index < -0.39 is 6.10 Å². The second-order valence-corrected chi connectivity index (χ2v) is 5.62. The van der Waals surface area contributed by atoms with Gasteiger partial charge in [0, 0.05) is 30.6 Å². The molecule has 23 heavy (non-hydrogen) atoms. The highest BCUT2D eigenvalue weighted by Gasteiger charge is 2.22. The second kappa shape index (κ2) is 7.19. The Morgan fingerprint density at radius 3 is 2.91 bits per heavy atom. The number of ether oxygens (including phenoxy) is 1. The van der Waals surface area contributed by atoms with Gasteiger partial charge in [-0.1, -0.05) is 6.07 Å². The van der Waals surface area contributed by atoms with Gasteiger partial charge in [-0.05, 0) is 37.0 Å². The van der Waals surface area contributed by atoms with Crippen LogP contribution >= 0.6 is 0 Å². The van der Waals surface area contributed by atoms with E-state index in [1.165, 1.54) is 12.8 Å². The summed E-state index contributed by atoms with van der Waals surface area (Å²) in [6, 6.07) is 8.51. The number of hydrogen-bond donors (Lipinski definition) is 2. The zero-order valence-electron chi connectivity index (χ0n) is 12.7. The Morgan fingerprint density at radius 2 is 2.17 bits per heavy atom. The summed E-state index contributed by atoms with van der Waals surface area (Å²) in [5.41, 5.74) is 0.981. The summed E-state index contributed by atoms with van der Waals surface area (Å²) in [6.45, 7) is 0.743. The van der Waals surface area contributed by atoms with Crippen LogP contribution in [-0.2, 0) is 0 Å². The largest absolute Gasteiger partial charge is 0.477 e. The zero-order chi connectivity index (χ0) is 16.1. The number of pyridine rings is 2. The van der Waals surface area contributed by atoms with E-state index in [9.17, 15) is 9.90 Å². The minimum absolute atomic E-state index is 0.0937. The number of nitrogens with zero attached hydrogens (tertiary/aromatic N) is 2. The van der Waals surface area contributed by atoms with Gasteiger partial charge in [-0.2, -0.15) is 0 Å². The molecule has 3 rings (SSSR count). The van der Waals surface area contributed by atoms with Gasteiger partial charge in [0.2, 0.25) is 5.88 Å². The van der Waals surface area contributed by atoms with Crippen LogP contribution in [0.3, 0.4) is 0 Å². The highest BCUT2D eigenvalue weighted by atomic mass is 16.5. The number of hydrogen-bond acceptors (Lipinski definition) is 5. The van der Waals surface area contributed by atoms with Crippen molar-refractivity contribution in [3.05, 3.63) is 54.0 Å². The maximum absolute atomic E-state index is 12.2. The topological polar surface area (TPSA) is 84.3 Å². The van der Waals surface area contributed by atoms with E-state index in [1.807, 2.05) is 0 Å². The molecule has 0 unspecified atom stereocenters. The molecule has 0 aromatic carbocycles. The Morgan fingerprint density at radius 1 is 1.30 bits per heavy atom. The van der Waals surface area contributed by atoms with E-state index in [0.717, 1.165) is 0 Å². The first kappa shape index (κ1) is 15.4. The predicted molar refractivity (Wildman–Crippen MR) is 84.0 cm³/mol. The van der Waals surface area contributed by atoms with Crippen molar-refractivity contribution in [2.24, 2.45) is 5.92 Å². The first-order valence-electron chi connectivity index (χ1n) is 7.68. The van der Waals surface area contributed by atoms with Crippen molar-refractivity contribution in [1.82, 2.24) is 15.3 Å². The molecule has 0 saturated heterocycles. The van der Waals surface area contributed by atoms with Crippen LogP contribution in [0.2, 0.25) is 0 Å². The Balaban J connectivity index is 1.54. The van der Waals surface area contributed by atoms with Crippen molar-refractivity contribution >= 4 is 5.91 Å². The molecule has 2 N–H and O–H groups in total. The third-order valence-corrected chi connectivity index (χ3v) is 3.65. The summed E-state index contributed by atoms with van der Waals surface area (Å²) in [6.07, 6.45) is 4.71. The number of carbonyl (C=O) groups excluding carboxylic acids is 1. The van der Waals surface area contributed by atoms with Crippen LogP contribution in [0.5, 0.6) is 5.88 Å². The second-order valence-electron chi connectivity index (χ2n) is 5.62. The molecule has 0 bridgehead atoms. The molecule has 0 spiro atoms. The van der Waals surface area contributed by atoms with Gasteiger partial charge in [-0.25, -0.2) is 4.98 Å². The molecule has 2 aromatic rings. The summed E-state index contributed by atoms with van der Waals surface area (Å²) < 4.78 is 5.57. The van der Waals surface area contributed by atoms with E-state index in [-0.39, 0.29) is 12.5 Å². The SMILES string of the molecule is O=C(NC[C@@H](O)c1ccccn1)c1ccnc(OCC2CC2)c1. The standard InChI is InChI=1S/C17H19N3O3/c21-15(14-3-1-2-7-18-14)10-20-17(22)13-6-8-19-16(9-13)23-11-12-4-5-12/h1-3,6-9,12,15,21H,4-5,10-11H2,(H,20,22)/t15-/m1/s1. The number of aliphatic hydroxyl groups excluding tert-OH is 1. The van der Waals surface area contributed by atoms with Gasteiger partial charge in [0.15, 0.2) is 0 Å². The molecule has 1 saturated carbocycles. The lowest BCUT2D eigenvalue weighted by Crippen LogP contribution is -2.28. The molecule has 0 radical (unpaired) electrons. The van der Waals surface area contributed by atoms with E-state index in [2.05, 4.69) is 15.3 Å². The van der Waals surface area contributed by atoms with Crippen molar-refractivity contribution in [2.45, 2.75) is 18.9 Å². The molecule has 2 heterocycles. The molecule has 120 valence electrons. The van der Waals surface area contributed by atoms with Gasteiger partial charge in [-0.15, -0.1) is 0 Å². The lowest BCUT2D eigenvalue weighted by Gasteiger charge is -2.11. The molecule has 6 heteroatoms. The number of amides is 1. The van der Waals surface area contributed by atoms with Gasteiger partial charge in [0.1, 0.15) is 6.10 Å². The number of nitrogens with one attached hydrogen (secondary N) is 1. The molecule has 1 atom stereocenters. The van der Waals surface area contributed by atoms with Crippen LogP contribution < -0.4 is 10.1 Å². The highest BCUT2D eigenvalue weighted by Crippen LogP contribution is 2.29. The zero-order valence-corrected chi connectivity index (χ0v) is 12.7. The summed E-state index contributed by atoms with van der Waals surface area (Å²) in [5.74, 6) is 0.802. The van der Waals surface area contributed by atoms with Gasteiger partial charge >= 0.3 is 0 Å². The third kappa shape index (κ3) is 4.50. The Hall–Kier alpha value is -2.47. The quantitative estimate of drug-likeness (QED) is 0.813. The Kier molecular flexibility index (Phi) is 4.83. The van der Waals surface area contributed by atoms with Crippen LogP contribution in [-0.4, -0.2) is 34.1 Å². The molecule has 1 fully saturated rings. The molecule has 1 amide bonds. The van der Waals surface area contributed by atoms with Gasteiger partial charge < -0.3 is 15.2 Å². The molecule has 2 aromatic heterocycles. The average Bonchev–Trinajstić information content (AvgIpc) is 3.43. The summed E-state index contributed by atoms with van der Waals surface area (Å²) >= 11 is 0. The van der Waals surface area contributed by atoms with E-state index in [4.69, 9.17) is 4.74 Å². The fourth-order valence-corrected chi connectivity index (χ4v) is 2.09. The minimum Gasteiger partial charge on any atom is -0.477 e. The summed E-state index contributed by atoms with van der Waals surface area (Å²) in [4.78, 5) is 20.3. The maximum atomic E-state index is 12.2. The highest BCUT2D eigenvalue weighted by molar-refractivity contribution is 5.94. The van der Waals surface area contributed by atoms with Gasteiger partial charge in [0.05, 0.1) is 12.3 Å². The normalized spacial score (nSPS) is 15.0. The predicted octanol–water partition coefficient (Wildman–Crippen LogP) is 1.73. The number of aliphatic hydroxyl groups is 1. The lowest BCUT2D eigenvalue weighted by atomic mass is 10.2.